The number of imidazole rings is 1. The number of carbonyl (C=O) groups is 2. The Morgan fingerprint density at radius 2 is 1.87 bits per heavy atom. The fourth-order valence-corrected chi connectivity index (χ4v) is 6.68. The van der Waals surface area contributed by atoms with Crippen molar-refractivity contribution < 1.29 is 14.3 Å². The summed E-state index contributed by atoms with van der Waals surface area (Å²) in [7, 11) is 0. The average molecular weight is 410 g/mol. The number of carbonyl (C=O) groups excluding carboxylic acids is 2. The molecule has 160 valence electrons. The highest BCUT2D eigenvalue weighted by Gasteiger charge is 2.50. The highest BCUT2D eigenvalue weighted by atomic mass is 16.5. The summed E-state index contributed by atoms with van der Waals surface area (Å²) in [6, 6.07) is 5.53. The van der Waals surface area contributed by atoms with Crippen molar-refractivity contribution in [3.63, 3.8) is 0 Å². The third kappa shape index (κ3) is 3.40. The predicted octanol–water partition coefficient (Wildman–Crippen LogP) is 3.95. The Hall–Kier alpha value is -2.37. The summed E-state index contributed by atoms with van der Waals surface area (Å²) in [6.45, 7) is 4.69. The van der Waals surface area contributed by atoms with Gasteiger partial charge in [0.2, 0.25) is 0 Å². The van der Waals surface area contributed by atoms with E-state index in [2.05, 4.69) is 10.3 Å². The smallest absolute Gasteiger partial charge is 0.314 e. The van der Waals surface area contributed by atoms with Crippen molar-refractivity contribution in [2.45, 2.75) is 58.3 Å². The first-order chi connectivity index (χ1) is 14.5. The number of fused-ring (bicyclic) bond motifs is 1. The van der Waals surface area contributed by atoms with Crippen molar-refractivity contribution in [3.05, 3.63) is 35.8 Å². The molecule has 30 heavy (non-hydrogen) atoms. The number of hydrogen-bond acceptors (Lipinski definition) is 4. The average Bonchev–Trinajstić information content (AvgIpc) is 3.15. The minimum absolute atomic E-state index is 0.0657. The zero-order valence-electron chi connectivity index (χ0n) is 17.9. The Kier molecular flexibility index (Phi) is 4.83. The Bertz CT molecular complexity index is 944. The van der Waals surface area contributed by atoms with Crippen LogP contribution < -0.4 is 5.32 Å². The van der Waals surface area contributed by atoms with Gasteiger partial charge in [0.05, 0.1) is 18.2 Å². The van der Waals surface area contributed by atoms with Crippen LogP contribution in [0.15, 0.2) is 24.4 Å². The number of ether oxygens (including phenoxy) is 1. The highest BCUT2D eigenvalue weighted by Crippen LogP contribution is 2.59. The Labute approximate surface area is 177 Å². The summed E-state index contributed by atoms with van der Waals surface area (Å²) in [5.74, 6) is 1.79. The van der Waals surface area contributed by atoms with E-state index < -0.39 is 5.92 Å². The molecule has 4 aliphatic carbocycles. The normalized spacial score (nSPS) is 30.4. The summed E-state index contributed by atoms with van der Waals surface area (Å²) in [4.78, 5) is 29.8. The van der Waals surface area contributed by atoms with E-state index in [-0.39, 0.29) is 11.9 Å². The van der Waals surface area contributed by atoms with Crippen molar-refractivity contribution >= 4 is 17.5 Å². The van der Waals surface area contributed by atoms with Gasteiger partial charge in [-0.1, -0.05) is 6.07 Å². The molecule has 4 aliphatic rings. The second-order valence-electron chi connectivity index (χ2n) is 9.88. The number of rotatable bonds is 6. The maximum Gasteiger partial charge on any atom is 0.314 e. The van der Waals surface area contributed by atoms with Crippen LogP contribution in [-0.2, 0) is 9.53 Å². The molecule has 0 radical (unpaired) electrons. The lowest BCUT2D eigenvalue weighted by Crippen LogP contribution is -2.51. The van der Waals surface area contributed by atoms with Crippen LogP contribution in [-0.4, -0.2) is 34.4 Å². The van der Waals surface area contributed by atoms with Gasteiger partial charge in [-0.25, -0.2) is 4.98 Å². The lowest BCUT2D eigenvalue weighted by atomic mass is 9.49. The Morgan fingerprint density at radius 1 is 1.20 bits per heavy atom. The van der Waals surface area contributed by atoms with Crippen LogP contribution >= 0.6 is 0 Å². The molecule has 2 heterocycles. The van der Waals surface area contributed by atoms with E-state index in [1.807, 2.05) is 18.2 Å². The van der Waals surface area contributed by atoms with E-state index in [9.17, 15) is 9.59 Å². The number of pyridine rings is 1. The van der Waals surface area contributed by atoms with Crippen LogP contribution in [0.2, 0.25) is 0 Å². The van der Waals surface area contributed by atoms with Gasteiger partial charge in [0.1, 0.15) is 11.3 Å². The van der Waals surface area contributed by atoms with E-state index in [1.165, 1.54) is 38.5 Å². The predicted molar refractivity (Wildman–Crippen MR) is 113 cm³/mol. The minimum atomic E-state index is -0.465. The third-order valence-corrected chi connectivity index (χ3v) is 7.62. The Morgan fingerprint density at radius 3 is 2.50 bits per heavy atom. The fourth-order valence-electron chi connectivity index (χ4n) is 6.68. The number of amides is 1. The van der Waals surface area contributed by atoms with Gasteiger partial charge >= 0.3 is 5.97 Å². The molecule has 0 aliphatic heterocycles. The van der Waals surface area contributed by atoms with Crippen LogP contribution in [0.25, 0.3) is 5.65 Å². The van der Waals surface area contributed by atoms with Crippen LogP contribution in [0, 0.1) is 23.2 Å². The lowest BCUT2D eigenvalue weighted by Gasteiger charge is -2.56. The molecular formula is C24H31N3O3. The van der Waals surface area contributed by atoms with E-state index in [0.29, 0.717) is 29.1 Å². The molecule has 0 saturated heterocycles. The molecule has 1 atom stereocenters. The van der Waals surface area contributed by atoms with Gasteiger partial charge in [0.25, 0.3) is 5.91 Å². The number of hydrogen-bond donors (Lipinski definition) is 1. The van der Waals surface area contributed by atoms with Gasteiger partial charge in [-0.15, -0.1) is 0 Å². The van der Waals surface area contributed by atoms with Gasteiger partial charge in [0, 0.05) is 12.7 Å². The molecule has 1 N–H and O–H groups in total. The molecule has 1 amide bonds. The SMILES string of the molecule is CCOC(=O)C(C)c1cn2c(C(=O)NCC34CC5CC(CC(C5)C3)C4)cccc2n1. The standard InChI is InChI=1S/C24H31N3O3/c1-3-30-23(29)15(2)19-13-27-20(5-4-6-21(27)26-19)22(28)25-14-24-10-16-7-17(11-24)9-18(8-16)12-24/h4-6,13,15-18H,3,7-12,14H2,1-2H3,(H,25,28). The van der Waals surface area contributed by atoms with Crippen molar-refractivity contribution in [1.29, 1.82) is 0 Å². The molecule has 0 aromatic carbocycles. The quantitative estimate of drug-likeness (QED) is 0.734. The minimum Gasteiger partial charge on any atom is -0.465 e. The molecule has 4 fully saturated rings. The third-order valence-electron chi connectivity index (χ3n) is 7.62. The maximum atomic E-state index is 13.1. The number of nitrogens with one attached hydrogen (secondary N) is 1. The summed E-state index contributed by atoms with van der Waals surface area (Å²) < 4.78 is 6.91. The lowest BCUT2D eigenvalue weighted by molar-refractivity contribution is -0.144. The van der Waals surface area contributed by atoms with Gasteiger partial charge in [-0.05, 0) is 87.7 Å². The molecule has 6 nitrogen and oxygen atoms in total. The van der Waals surface area contributed by atoms with Crippen LogP contribution in [0.4, 0.5) is 0 Å². The van der Waals surface area contributed by atoms with Crippen LogP contribution in [0.5, 0.6) is 0 Å². The largest absolute Gasteiger partial charge is 0.465 e. The molecule has 4 saturated carbocycles. The summed E-state index contributed by atoms with van der Waals surface area (Å²) in [6.07, 6.45) is 9.83. The van der Waals surface area contributed by atoms with E-state index in [0.717, 1.165) is 24.3 Å². The topological polar surface area (TPSA) is 72.7 Å². The van der Waals surface area contributed by atoms with E-state index >= 15 is 0 Å². The number of esters is 1. The zero-order valence-corrected chi connectivity index (χ0v) is 17.9. The van der Waals surface area contributed by atoms with Gasteiger partial charge < -0.3 is 10.1 Å². The fraction of sp³-hybridized carbons (Fsp3) is 0.625. The summed E-state index contributed by atoms with van der Waals surface area (Å²) in [5, 5.41) is 3.25. The highest BCUT2D eigenvalue weighted by molar-refractivity contribution is 5.93. The van der Waals surface area contributed by atoms with Gasteiger partial charge in [0.15, 0.2) is 0 Å². The molecule has 6 heteroatoms. The van der Waals surface area contributed by atoms with Crippen molar-refractivity contribution in [2.75, 3.05) is 13.2 Å². The summed E-state index contributed by atoms with van der Waals surface area (Å²) in [5.41, 5.74) is 2.15. The summed E-state index contributed by atoms with van der Waals surface area (Å²) >= 11 is 0. The van der Waals surface area contributed by atoms with E-state index in [4.69, 9.17) is 4.74 Å². The molecular weight excluding hydrogens is 378 g/mol. The zero-order chi connectivity index (χ0) is 20.9. The second-order valence-corrected chi connectivity index (χ2v) is 9.88. The molecule has 2 aromatic heterocycles. The van der Waals surface area contributed by atoms with Gasteiger partial charge in [-0.2, -0.15) is 0 Å². The monoisotopic (exact) mass is 409 g/mol. The molecule has 6 rings (SSSR count). The van der Waals surface area contributed by atoms with Crippen molar-refractivity contribution in [2.24, 2.45) is 23.2 Å². The van der Waals surface area contributed by atoms with E-state index in [1.54, 1.807) is 24.4 Å². The van der Waals surface area contributed by atoms with Crippen molar-refractivity contribution in [1.82, 2.24) is 14.7 Å². The molecule has 0 spiro atoms. The molecule has 2 aromatic rings. The first kappa shape index (κ1) is 19.6. The van der Waals surface area contributed by atoms with Crippen molar-refractivity contribution in [3.8, 4) is 0 Å². The first-order valence-electron chi connectivity index (χ1n) is 11.4. The number of aromatic nitrogens is 2. The maximum absolute atomic E-state index is 13.1. The van der Waals surface area contributed by atoms with Gasteiger partial charge in [-0.3, -0.25) is 14.0 Å². The molecule has 1 unspecified atom stereocenters. The van der Waals surface area contributed by atoms with Crippen LogP contribution in [0.1, 0.15) is 74.5 Å². The first-order valence-corrected chi connectivity index (χ1v) is 11.4. The second kappa shape index (κ2) is 7.40. The number of nitrogens with zero attached hydrogens (tertiary/aromatic N) is 2. The Balaban J connectivity index is 1.33. The molecule has 4 bridgehead atoms. The van der Waals surface area contributed by atoms with Crippen LogP contribution in [0.3, 0.4) is 0 Å².